The maximum Gasteiger partial charge on any atom is 0.417 e. The number of anilines is 1. The summed E-state index contributed by atoms with van der Waals surface area (Å²) < 4.78 is 46.4. The van der Waals surface area contributed by atoms with Gasteiger partial charge in [0.05, 0.1) is 22.7 Å². The number of amides is 1. The van der Waals surface area contributed by atoms with Crippen LogP contribution in [0.1, 0.15) is 29.8 Å². The van der Waals surface area contributed by atoms with E-state index in [1.807, 2.05) is 13.8 Å². The summed E-state index contributed by atoms with van der Waals surface area (Å²) >= 11 is 0. The quantitative estimate of drug-likeness (QED) is 0.675. The Labute approximate surface area is 154 Å². The number of aromatic nitrogens is 1. The lowest BCUT2D eigenvalue weighted by atomic mass is 10.0. The molecule has 1 heterocycles. The van der Waals surface area contributed by atoms with Gasteiger partial charge in [-0.15, -0.1) is 0 Å². The van der Waals surface area contributed by atoms with Gasteiger partial charge in [0.25, 0.3) is 5.91 Å². The highest BCUT2D eigenvalue weighted by Gasteiger charge is 2.37. The number of halogens is 3. The molecule has 0 radical (unpaired) electrons. The zero-order valence-corrected chi connectivity index (χ0v) is 14.7. The van der Waals surface area contributed by atoms with Crippen LogP contribution in [0.25, 0.3) is 10.9 Å². The van der Waals surface area contributed by atoms with Crippen molar-refractivity contribution in [3.8, 4) is 5.75 Å². The second-order valence-corrected chi connectivity index (χ2v) is 6.21. The number of hydrogen-bond donors (Lipinski definition) is 1. The number of hydrogen-bond acceptors (Lipinski definition) is 3. The number of rotatable bonds is 4. The molecule has 1 aromatic heterocycles. The largest absolute Gasteiger partial charge is 0.491 e. The molecule has 0 spiro atoms. The van der Waals surface area contributed by atoms with E-state index in [0.29, 0.717) is 11.4 Å². The van der Waals surface area contributed by atoms with Gasteiger partial charge in [-0.1, -0.05) is 18.2 Å². The van der Waals surface area contributed by atoms with Gasteiger partial charge >= 0.3 is 6.18 Å². The van der Waals surface area contributed by atoms with Crippen molar-refractivity contribution in [1.82, 2.24) is 4.98 Å². The summed E-state index contributed by atoms with van der Waals surface area (Å²) in [5.74, 6) is -0.274. The van der Waals surface area contributed by atoms with Crippen molar-refractivity contribution in [3.63, 3.8) is 0 Å². The Balaban J connectivity index is 1.94. The lowest BCUT2D eigenvalue weighted by Crippen LogP contribution is -2.19. The van der Waals surface area contributed by atoms with Crippen LogP contribution in [0.15, 0.2) is 54.7 Å². The predicted molar refractivity (Wildman–Crippen MR) is 96.9 cm³/mol. The van der Waals surface area contributed by atoms with Crippen LogP contribution < -0.4 is 10.1 Å². The molecular weight excluding hydrogens is 357 g/mol. The van der Waals surface area contributed by atoms with E-state index in [4.69, 9.17) is 4.74 Å². The van der Waals surface area contributed by atoms with Crippen LogP contribution in [-0.4, -0.2) is 17.0 Å². The number of carbonyl (C=O) groups excluding carboxylic acids is 1. The zero-order valence-electron chi connectivity index (χ0n) is 14.7. The normalized spacial score (nSPS) is 11.6. The summed E-state index contributed by atoms with van der Waals surface area (Å²) in [6, 6.07) is 12.3. The van der Waals surface area contributed by atoms with Gasteiger partial charge in [-0.2, -0.15) is 13.2 Å². The Bertz CT molecular complexity index is 967. The third kappa shape index (κ3) is 4.19. The Kier molecular flexibility index (Phi) is 5.03. The summed E-state index contributed by atoms with van der Waals surface area (Å²) in [6.45, 7) is 3.75. The molecule has 0 atom stereocenters. The minimum Gasteiger partial charge on any atom is -0.491 e. The molecule has 7 heteroatoms. The number of nitrogens with one attached hydrogen (secondary N) is 1. The van der Waals surface area contributed by atoms with Gasteiger partial charge in [-0.05, 0) is 44.2 Å². The van der Waals surface area contributed by atoms with Crippen LogP contribution in [0.5, 0.6) is 5.75 Å². The molecule has 0 fully saturated rings. The van der Waals surface area contributed by atoms with Gasteiger partial charge in [-0.25, -0.2) is 0 Å². The van der Waals surface area contributed by atoms with Gasteiger partial charge in [0.15, 0.2) is 0 Å². The molecule has 0 saturated carbocycles. The summed E-state index contributed by atoms with van der Waals surface area (Å²) in [5.41, 5.74) is -0.983. The van der Waals surface area contributed by atoms with E-state index in [2.05, 4.69) is 10.3 Å². The SMILES string of the molecule is CC(C)Oc1ccc(NC(=O)c2cnc3ccccc3c2C(F)(F)F)cc1. The second-order valence-electron chi connectivity index (χ2n) is 6.21. The molecule has 0 saturated heterocycles. The van der Waals surface area contributed by atoms with Crippen LogP contribution in [0.4, 0.5) is 18.9 Å². The fourth-order valence-corrected chi connectivity index (χ4v) is 2.71. The number of benzene rings is 2. The molecule has 3 rings (SSSR count). The summed E-state index contributed by atoms with van der Waals surface area (Å²) in [6.07, 6.45) is -3.75. The van der Waals surface area contributed by atoms with Crippen molar-refractivity contribution in [2.45, 2.75) is 26.1 Å². The Hall–Kier alpha value is -3.09. The third-order valence-electron chi connectivity index (χ3n) is 3.79. The van der Waals surface area contributed by atoms with Gasteiger partial charge < -0.3 is 10.1 Å². The van der Waals surface area contributed by atoms with E-state index >= 15 is 0 Å². The summed E-state index contributed by atoms with van der Waals surface area (Å²) in [4.78, 5) is 16.5. The van der Waals surface area contributed by atoms with Crippen molar-refractivity contribution >= 4 is 22.5 Å². The van der Waals surface area contributed by atoms with Crippen molar-refractivity contribution in [2.24, 2.45) is 0 Å². The number of ether oxygens (including phenoxy) is 1. The van der Waals surface area contributed by atoms with E-state index in [1.54, 1.807) is 30.3 Å². The van der Waals surface area contributed by atoms with Gasteiger partial charge in [0, 0.05) is 17.3 Å². The molecule has 0 aliphatic rings. The number of nitrogens with zero attached hydrogens (tertiary/aromatic N) is 1. The molecule has 1 N–H and O–H groups in total. The minimum absolute atomic E-state index is 0.0107. The maximum atomic E-state index is 13.6. The Morgan fingerprint density at radius 2 is 1.74 bits per heavy atom. The standard InChI is InChI=1S/C20H17F3N2O2/c1-12(2)27-14-9-7-13(8-10-14)25-19(26)16-11-24-17-6-4-3-5-15(17)18(16)20(21,22)23/h3-12H,1-2H3,(H,25,26). The first-order valence-electron chi connectivity index (χ1n) is 8.28. The second kappa shape index (κ2) is 7.26. The fraction of sp³-hybridized carbons (Fsp3) is 0.200. The molecular formula is C20H17F3N2O2. The lowest BCUT2D eigenvalue weighted by molar-refractivity contribution is -0.136. The number of para-hydroxylation sites is 1. The van der Waals surface area contributed by atoms with Crippen molar-refractivity contribution in [2.75, 3.05) is 5.32 Å². The van der Waals surface area contributed by atoms with Crippen LogP contribution in [-0.2, 0) is 6.18 Å². The maximum absolute atomic E-state index is 13.6. The number of carbonyl (C=O) groups is 1. The molecule has 140 valence electrons. The van der Waals surface area contributed by atoms with Gasteiger partial charge in [0.2, 0.25) is 0 Å². The van der Waals surface area contributed by atoms with Crippen molar-refractivity contribution in [1.29, 1.82) is 0 Å². The van der Waals surface area contributed by atoms with Crippen LogP contribution in [0.3, 0.4) is 0 Å². The lowest BCUT2D eigenvalue weighted by Gasteiger charge is -2.15. The molecule has 0 aliphatic carbocycles. The topological polar surface area (TPSA) is 51.2 Å². The molecule has 27 heavy (non-hydrogen) atoms. The predicted octanol–water partition coefficient (Wildman–Crippen LogP) is 5.29. The van der Waals surface area contributed by atoms with Gasteiger partial charge in [0.1, 0.15) is 5.75 Å². The Morgan fingerprint density at radius 1 is 1.07 bits per heavy atom. The molecule has 0 bridgehead atoms. The van der Waals surface area contributed by atoms with Crippen molar-refractivity contribution < 1.29 is 22.7 Å². The highest BCUT2D eigenvalue weighted by atomic mass is 19.4. The van der Waals surface area contributed by atoms with E-state index < -0.39 is 23.2 Å². The number of alkyl halides is 3. The highest BCUT2D eigenvalue weighted by Crippen LogP contribution is 2.37. The van der Waals surface area contributed by atoms with Crippen molar-refractivity contribution in [3.05, 3.63) is 65.9 Å². The van der Waals surface area contributed by atoms with E-state index in [0.717, 1.165) is 6.20 Å². The monoisotopic (exact) mass is 374 g/mol. The fourth-order valence-electron chi connectivity index (χ4n) is 2.71. The zero-order chi connectivity index (χ0) is 19.6. The number of fused-ring (bicyclic) bond motifs is 1. The summed E-state index contributed by atoms with van der Waals surface area (Å²) in [7, 11) is 0. The van der Waals surface area contributed by atoms with Crippen LogP contribution in [0.2, 0.25) is 0 Å². The highest BCUT2D eigenvalue weighted by molar-refractivity contribution is 6.07. The van der Waals surface area contributed by atoms with E-state index in [9.17, 15) is 18.0 Å². The first-order chi connectivity index (χ1) is 12.8. The summed E-state index contributed by atoms with van der Waals surface area (Å²) in [5, 5.41) is 2.37. The van der Waals surface area contributed by atoms with E-state index in [1.165, 1.54) is 18.2 Å². The smallest absolute Gasteiger partial charge is 0.417 e. The minimum atomic E-state index is -4.69. The Morgan fingerprint density at radius 3 is 2.37 bits per heavy atom. The average Bonchev–Trinajstić information content (AvgIpc) is 2.61. The molecule has 4 nitrogen and oxygen atoms in total. The average molecular weight is 374 g/mol. The third-order valence-corrected chi connectivity index (χ3v) is 3.79. The molecule has 1 amide bonds. The van der Waals surface area contributed by atoms with Crippen LogP contribution >= 0.6 is 0 Å². The van der Waals surface area contributed by atoms with E-state index in [-0.39, 0.29) is 17.0 Å². The molecule has 0 unspecified atom stereocenters. The van der Waals surface area contributed by atoms with Crippen LogP contribution in [0, 0.1) is 0 Å². The first-order valence-corrected chi connectivity index (χ1v) is 8.28. The van der Waals surface area contributed by atoms with Gasteiger partial charge in [-0.3, -0.25) is 9.78 Å². The molecule has 2 aromatic carbocycles. The molecule has 0 aliphatic heterocycles. The first kappa shape index (κ1) is 18.7. The number of pyridine rings is 1. The molecule has 3 aromatic rings.